The second-order valence-electron chi connectivity index (χ2n) is 11.0. The Labute approximate surface area is 242 Å². The molecule has 42 heavy (non-hydrogen) atoms. The molecule has 0 amide bonds. The molecule has 0 aliphatic rings. The smallest absolute Gasteiger partial charge is 0.0979 e. The van der Waals surface area contributed by atoms with E-state index in [2.05, 4.69) is 140 Å². The Kier molecular flexibility index (Phi) is 4.93. The van der Waals surface area contributed by atoms with Crippen LogP contribution < -0.4 is 0 Å². The zero-order valence-electron chi connectivity index (χ0n) is 22.8. The third-order valence-corrected chi connectivity index (χ3v) is 8.69. The standard InChI is InChI=1S/C40H24N2/c1-2-11-30-28(9-1)29-10-3-4-14-33(29)37-23-27(21-22-34(30)37)25-17-19-26(20-18-25)38-24-41-39-35-15-7-5-12-31(35)32-13-6-8-16-36(32)40(39)42-38/h1-24H. The molecule has 1 heterocycles. The SMILES string of the molecule is c1ccc2c(c1)c1ccccc1c1cc(-c3ccc(-c4cnc5c6ccccc6c6ccccc6c5n4)cc3)ccc21. The fourth-order valence-electron chi connectivity index (χ4n) is 6.68. The molecule has 0 fully saturated rings. The molecule has 0 aliphatic carbocycles. The van der Waals surface area contributed by atoms with E-state index in [1.807, 2.05) is 6.20 Å². The lowest BCUT2D eigenvalue weighted by Gasteiger charge is -2.12. The zero-order chi connectivity index (χ0) is 27.6. The summed E-state index contributed by atoms with van der Waals surface area (Å²) in [7, 11) is 0. The largest absolute Gasteiger partial charge is 0.252 e. The third-order valence-electron chi connectivity index (χ3n) is 8.69. The van der Waals surface area contributed by atoms with E-state index in [-0.39, 0.29) is 0 Å². The second-order valence-corrected chi connectivity index (χ2v) is 11.0. The highest BCUT2D eigenvalue weighted by Crippen LogP contribution is 2.38. The van der Waals surface area contributed by atoms with Gasteiger partial charge in [0.05, 0.1) is 22.9 Å². The molecule has 0 spiro atoms. The van der Waals surface area contributed by atoms with Crippen molar-refractivity contribution in [2.75, 3.05) is 0 Å². The van der Waals surface area contributed by atoms with Gasteiger partial charge in [0.25, 0.3) is 0 Å². The second kappa shape index (κ2) is 8.95. The molecular weight excluding hydrogens is 508 g/mol. The number of hydrogen-bond acceptors (Lipinski definition) is 2. The van der Waals surface area contributed by atoms with E-state index in [4.69, 9.17) is 9.97 Å². The van der Waals surface area contributed by atoms with Crippen LogP contribution in [0.5, 0.6) is 0 Å². The van der Waals surface area contributed by atoms with E-state index < -0.39 is 0 Å². The van der Waals surface area contributed by atoms with E-state index in [1.54, 1.807) is 0 Å². The molecule has 0 unspecified atom stereocenters. The van der Waals surface area contributed by atoms with Crippen molar-refractivity contribution in [1.29, 1.82) is 0 Å². The van der Waals surface area contributed by atoms with Gasteiger partial charge in [-0.15, -0.1) is 0 Å². The van der Waals surface area contributed by atoms with Crippen LogP contribution in [-0.4, -0.2) is 9.97 Å². The lowest BCUT2D eigenvalue weighted by atomic mass is 9.92. The van der Waals surface area contributed by atoms with Gasteiger partial charge < -0.3 is 0 Å². The first-order valence-corrected chi connectivity index (χ1v) is 14.3. The van der Waals surface area contributed by atoms with Gasteiger partial charge in [0, 0.05) is 16.3 Å². The molecule has 0 atom stereocenters. The van der Waals surface area contributed by atoms with Gasteiger partial charge in [-0.25, -0.2) is 4.98 Å². The monoisotopic (exact) mass is 532 g/mol. The summed E-state index contributed by atoms with van der Waals surface area (Å²) in [5, 5.41) is 12.4. The first-order chi connectivity index (χ1) is 20.8. The van der Waals surface area contributed by atoms with Crippen molar-refractivity contribution >= 4 is 64.9 Å². The lowest BCUT2D eigenvalue weighted by molar-refractivity contribution is 1.31. The molecule has 194 valence electrons. The minimum atomic E-state index is 0.880. The highest BCUT2D eigenvalue weighted by atomic mass is 14.8. The maximum atomic E-state index is 5.17. The molecule has 0 saturated heterocycles. The van der Waals surface area contributed by atoms with Crippen LogP contribution in [0.3, 0.4) is 0 Å². The summed E-state index contributed by atoms with van der Waals surface area (Å²) < 4.78 is 0. The van der Waals surface area contributed by atoms with Gasteiger partial charge in [0.2, 0.25) is 0 Å². The predicted molar refractivity (Wildman–Crippen MR) is 178 cm³/mol. The first kappa shape index (κ1) is 23.1. The van der Waals surface area contributed by atoms with Gasteiger partial charge in [-0.2, -0.15) is 0 Å². The highest BCUT2D eigenvalue weighted by molar-refractivity contribution is 6.26. The van der Waals surface area contributed by atoms with E-state index in [9.17, 15) is 0 Å². The summed E-state index contributed by atoms with van der Waals surface area (Å²) in [6, 6.07) is 50.0. The average Bonchev–Trinajstić information content (AvgIpc) is 3.08. The van der Waals surface area contributed by atoms with Gasteiger partial charge in [0.1, 0.15) is 0 Å². The summed E-state index contributed by atoms with van der Waals surface area (Å²) in [5.41, 5.74) is 6.22. The van der Waals surface area contributed by atoms with Crippen molar-refractivity contribution in [2.24, 2.45) is 0 Å². The number of aromatic nitrogens is 2. The minimum absolute atomic E-state index is 0.880. The number of benzene rings is 8. The molecule has 1 aromatic heterocycles. The Morgan fingerprint density at radius 3 is 1.29 bits per heavy atom. The Hall–Kier alpha value is -5.60. The summed E-state index contributed by atoms with van der Waals surface area (Å²) >= 11 is 0. The Morgan fingerprint density at radius 2 is 0.714 bits per heavy atom. The van der Waals surface area contributed by atoms with Crippen LogP contribution in [0.15, 0.2) is 146 Å². The lowest BCUT2D eigenvalue weighted by Crippen LogP contribution is -1.92. The third kappa shape index (κ3) is 3.39. The van der Waals surface area contributed by atoms with Crippen molar-refractivity contribution in [2.45, 2.75) is 0 Å². The van der Waals surface area contributed by atoms with Crippen LogP contribution in [0.1, 0.15) is 0 Å². The van der Waals surface area contributed by atoms with Crippen molar-refractivity contribution < 1.29 is 0 Å². The van der Waals surface area contributed by atoms with E-state index >= 15 is 0 Å². The summed E-state index contributed by atoms with van der Waals surface area (Å²) in [6.45, 7) is 0. The summed E-state index contributed by atoms with van der Waals surface area (Å²) in [5.74, 6) is 0. The molecule has 9 aromatic rings. The van der Waals surface area contributed by atoms with Crippen LogP contribution in [-0.2, 0) is 0 Å². The predicted octanol–water partition coefficient (Wildman–Crippen LogP) is 10.7. The Morgan fingerprint density at radius 1 is 0.310 bits per heavy atom. The molecule has 8 aromatic carbocycles. The normalized spacial score (nSPS) is 11.8. The Bertz CT molecular complexity index is 2260. The van der Waals surface area contributed by atoms with Crippen LogP contribution in [0.25, 0.3) is 87.3 Å². The molecule has 2 heteroatoms. The number of hydrogen-bond donors (Lipinski definition) is 0. The average molecular weight is 533 g/mol. The van der Waals surface area contributed by atoms with Gasteiger partial charge in [-0.3, -0.25) is 4.98 Å². The zero-order valence-corrected chi connectivity index (χ0v) is 22.8. The Balaban J connectivity index is 1.17. The maximum absolute atomic E-state index is 5.17. The van der Waals surface area contributed by atoms with E-state index in [0.717, 1.165) is 33.1 Å². The topological polar surface area (TPSA) is 25.8 Å². The van der Waals surface area contributed by atoms with Gasteiger partial charge in [-0.1, -0.05) is 133 Å². The molecule has 0 radical (unpaired) electrons. The van der Waals surface area contributed by atoms with Crippen molar-refractivity contribution in [3.05, 3.63) is 146 Å². The maximum Gasteiger partial charge on any atom is 0.0979 e. The summed E-state index contributed by atoms with van der Waals surface area (Å²) in [6.07, 6.45) is 1.91. The number of nitrogens with zero attached hydrogens (tertiary/aromatic N) is 2. The van der Waals surface area contributed by atoms with Crippen molar-refractivity contribution in [3.8, 4) is 22.4 Å². The first-order valence-electron chi connectivity index (χ1n) is 14.3. The molecule has 0 saturated carbocycles. The van der Waals surface area contributed by atoms with Crippen molar-refractivity contribution in [3.63, 3.8) is 0 Å². The van der Waals surface area contributed by atoms with Gasteiger partial charge >= 0.3 is 0 Å². The van der Waals surface area contributed by atoms with Crippen molar-refractivity contribution in [1.82, 2.24) is 9.97 Å². The molecular formula is C40H24N2. The molecule has 9 rings (SSSR count). The fraction of sp³-hybridized carbons (Fsp3) is 0. The van der Waals surface area contributed by atoms with Gasteiger partial charge in [0.15, 0.2) is 0 Å². The highest BCUT2D eigenvalue weighted by Gasteiger charge is 2.13. The molecule has 0 aliphatic heterocycles. The van der Waals surface area contributed by atoms with E-state index in [1.165, 1.54) is 54.2 Å². The molecule has 0 bridgehead atoms. The quantitative estimate of drug-likeness (QED) is 0.207. The van der Waals surface area contributed by atoms with Gasteiger partial charge in [-0.05, 0) is 60.3 Å². The number of rotatable bonds is 2. The van der Waals surface area contributed by atoms with Crippen LogP contribution >= 0.6 is 0 Å². The summed E-state index contributed by atoms with van der Waals surface area (Å²) in [4.78, 5) is 10.1. The minimum Gasteiger partial charge on any atom is -0.252 e. The van der Waals surface area contributed by atoms with E-state index in [0.29, 0.717) is 0 Å². The molecule has 2 nitrogen and oxygen atoms in total. The molecule has 0 N–H and O–H groups in total. The van der Waals surface area contributed by atoms with Crippen LogP contribution in [0.4, 0.5) is 0 Å². The van der Waals surface area contributed by atoms with Crippen LogP contribution in [0, 0.1) is 0 Å². The van der Waals surface area contributed by atoms with Crippen LogP contribution in [0.2, 0.25) is 0 Å². The fourth-order valence-corrected chi connectivity index (χ4v) is 6.68. The number of fused-ring (bicyclic) bond motifs is 12.